The summed E-state index contributed by atoms with van der Waals surface area (Å²) >= 11 is 6.00. The van der Waals surface area contributed by atoms with Crippen LogP contribution in [-0.4, -0.2) is 20.5 Å². The Morgan fingerprint density at radius 3 is 2.70 bits per heavy atom. The fraction of sp³-hybridized carbons (Fsp3) is 0.571. The molecule has 20 heavy (non-hydrogen) atoms. The third kappa shape index (κ3) is 3.01. The molecule has 0 aromatic heterocycles. The summed E-state index contributed by atoms with van der Waals surface area (Å²) in [5.74, 6) is 0.221. The Morgan fingerprint density at radius 2 is 2.10 bits per heavy atom. The molecule has 0 radical (unpaired) electrons. The Morgan fingerprint density at radius 1 is 1.40 bits per heavy atom. The van der Waals surface area contributed by atoms with Crippen molar-refractivity contribution in [2.45, 2.75) is 43.0 Å². The number of rotatable bonds is 4. The standard InChI is InChI=1S/C14H21ClN2O2S/c1-11-6-4-5-9-14(11,10-16)17-20(18,19)13-8-3-2-7-12(13)15/h2-3,7-8,11,17H,4-6,9-10,16H2,1H3. The van der Waals surface area contributed by atoms with Gasteiger partial charge in [0.25, 0.3) is 0 Å². The first-order valence-electron chi connectivity index (χ1n) is 6.90. The minimum absolute atomic E-state index is 0.118. The molecule has 0 aliphatic heterocycles. The summed E-state index contributed by atoms with van der Waals surface area (Å²) in [5.41, 5.74) is 5.33. The second-order valence-corrected chi connectivity index (χ2v) is 7.60. The monoisotopic (exact) mass is 316 g/mol. The van der Waals surface area contributed by atoms with Crippen molar-refractivity contribution in [2.75, 3.05) is 6.54 Å². The summed E-state index contributed by atoms with van der Waals surface area (Å²) < 4.78 is 28.0. The molecule has 0 bridgehead atoms. The van der Waals surface area contributed by atoms with Gasteiger partial charge in [-0.2, -0.15) is 0 Å². The molecular weight excluding hydrogens is 296 g/mol. The summed E-state index contributed by atoms with van der Waals surface area (Å²) in [7, 11) is -3.66. The van der Waals surface area contributed by atoms with Crippen LogP contribution in [0.15, 0.2) is 29.2 Å². The number of nitrogens with one attached hydrogen (secondary N) is 1. The molecular formula is C14H21ClN2O2S. The lowest BCUT2D eigenvalue weighted by Crippen LogP contribution is -2.58. The number of nitrogens with two attached hydrogens (primary N) is 1. The van der Waals surface area contributed by atoms with Gasteiger partial charge in [-0.15, -0.1) is 0 Å². The van der Waals surface area contributed by atoms with Crippen LogP contribution in [0.25, 0.3) is 0 Å². The molecule has 2 atom stereocenters. The average molecular weight is 317 g/mol. The van der Waals surface area contributed by atoms with Crippen molar-refractivity contribution in [1.82, 2.24) is 4.72 Å². The topological polar surface area (TPSA) is 72.2 Å². The lowest BCUT2D eigenvalue weighted by atomic mass is 9.74. The van der Waals surface area contributed by atoms with Crippen molar-refractivity contribution in [3.05, 3.63) is 29.3 Å². The van der Waals surface area contributed by atoms with E-state index in [4.69, 9.17) is 17.3 Å². The Kier molecular flexibility index (Phi) is 4.74. The van der Waals surface area contributed by atoms with Crippen LogP contribution in [0.5, 0.6) is 0 Å². The van der Waals surface area contributed by atoms with Gasteiger partial charge < -0.3 is 5.73 Å². The van der Waals surface area contributed by atoms with Crippen LogP contribution >= 0.6 is 11.6 Å². The van der Waals surface area contributed by atoms with Gasteiger partial charge in [-0.1, -0.05) is 43.5 Å². The van der Waals surface area contributed by atoms with Gasteiger partial charge in [0, 0.05) is 12.1 Å². The highest BCUT2D eigenvalue weighted by atomic mass is 35.5. The quantitative estimate of drug-likeness (QED) is 0.896. The van der Waals surface area contributed by atoms with Crippen LogP contribution in [0.3, 0.4) is 0 Å². The molecule has 1 aliphatic rings. The second-order valence-electron chi connectivity index (χ2n) is 5.54. The molecule has 1 saturated carbocycles. The number of sulfonamides is 1. The SMILES string of the molecule is CC1CCCCC1(CN)NS(=O)(=O)c1ccccc1Cl. The fourth-order valence-corrected chi connectivity index (χ4v) is 4.95. The van der Waals surface area contributed by atoms with Crippen molar-refractivity contribution in [3.8, 4) is 0 Å². The summed E-state index contributed by atoms with van der Waals surface area (Å²) in [5, 5.41) is 0.232. The second kappa shape index (κ2) is 6.02. The molecule has 0 spiro atoms. The molecule has 1 aliphatic carbocycles. The molecule has 4 nitrogen and oxygen atoms in total. The highest BCUT2D eigenvalue weighted by Crippen LogP contribution is 2.34. The van der Waals surface area contributed by atoms with Crippen LogP contribution in [0.1, 0.15) is 32.6 Å². The van der Waals surface area contributed by atoms with E-state index in [9.17, 15) is 8.42 Å². The third-order valence-corrected chi connectivity index (χ3v) is 6.33. The van der Waals surface area contributed by atoms with Crippen LogP contribution in [0.2, 0.25) is 5.02 Å². The van der Waals surface area contributed by atoms with Gasteiger partial charge >= 0.3 is 0 Å². The maximum Gasteiger partial charge on any atom is 0.242 e. The molecule has 0 amide bonds. The Labute approximate surface area is 125 Å². The normalized spacial score (nSPS) is 27.4. The van der Waals surface area contributed by atoms with Crippen LogP contribution in [0.4, 0.5) is 0 Å². The van der Waals surface area contributed by atoms with Crippen LogP contribution in [-0.2, 0) is 10.0 Å². The number of benzene rings is 1. The van der Waals surface area contributed by atoms with Gasteiger partial charge in [0.2, 0.25) is 10.0 Å². The summed E-state index contributed by atoms with van der Waals surface area (Å²) in [6.07, 6.45) is 3.87. The molecule has 2 unspecified atom stereocenters. The van der Waals surface area contributed by atoms with E-state index in [2.05, 4.69) is 11.6 Å². The molecule has 3 N–H and O–H groups in total. The third-order valence-electron chi connectivity index (χ3n) is 4.28. The first-order valence-corrected chi connectivity index (χ1v) is 8.76. The highest BCUT2D eigenvalue weighted by Gasteiger charge is 2.40. The molecule has 1 aromatic rings. The number of hydrogen-bond acceptors (Lipinski definition) is 3. The van der Waals surface area contributed by atoms with Crippen molar-refractivity contribution in [1.29, 1.82) is 0 Å². The summed E-state index contributed by atoms with van der Waals surface area (Å²) in [6.45, 7) is 2.36. The predicted octanol–water partition coefficient (Wildman–Crippen LogP) is 2.53. The molecule has 2 rings (SSSR count). The van der Waals surface area contributed by atoms with Gasteiger partial charge in [-0.05, 0) is 30.9 Å². The molecule has 0 saturated heterocycles. The first-order chi connectivity index (χ1) is 9.41. The first kappa shape index (κ1) is 15.8. The van der Waals surface area contributed by atoms with Crippen LogP contribution in [0, 0.1) is 5.92 Å². The minimum atomic E-state index is -3.66. The van der Waals surface area contributed by atoms with Gasteiger partial charge in [-0.3, -0.25) is 0 Å². The Bertz CT molecular complexity index is 576. The number of hydrogen-bond donors (Lipinski definition) is 2. The summed E-state index contributed by atoms with van der Waals surface area (Å²) in [4.78, 5) is 0.118. The maximum atomic E-state index is 12.6. The molecule has 6 heteroatoms. The fourth-order valence-electron chi connectivity index (χ4n) is 2.90. The Balaban J connectivity index is 2.33. The van der Waals surface area contributed by atoms with Gasteiger partial charge in [0.05, 0.1) is 5.02 Å². The molecule has 1 aromatic carbocycles. The summed E-state index contributed by atoms with van der Waals surface area (Å²) in [6, 6.07) is 6.47. The largest absolute Gasteiger partial charge is 0.329 e. The van der Waals surface area contributed by atoms with Crippen molar-refractivity contribution in [3.63, 3.8) is 0 Å². The lowest BCUT2D eigenvalue weighted by Gasteiger charge is -2.42. The number of halogens is 1. The zero-order valence-corrected chi connectivity index (χ0v) is 13.2. The zero-order valence-electron chi connectivity index (χ0n) is 11.6. The van der Waals surface area contributed by atoms with Gasteiger partial charge in [0.1, 0.15) is 4.90 Å². The maximum absolute atomic E-state index is 12.6. The van der Waals surface area contributed by atoms with Crippen molar-refractivity contribution in [2.24, 2.45) is 11.7 Å². The van der Waals surface area contributed by atoms with E-state index < -0.39 is 15.6 Å². The average Bonchev–Trinajstić information content (AvgIpc) is 2.41. The smallest absolute Gasteiger partial charge is 0.242 e. The van der Waals surface area contributed by atoms with Crippen molar-refractivity contribution < 1.29 is 8.42 Å². The van der Waals surface area contributed by atoms with E-state index in [-0.39, 0.29) is 15.8 Å². The van der Waals surface area contributed by atoms with E-state index in [1.54, 1.807) is 18.2 Å². The molecule has 0 heterocycles. The molecule has 1 fully saturated rings. The minimum Gasteiger partial charge on any atom is -0.329 e. The van der Waals surface area contributed by atoms with E-state index in [1.807, 2.05) is 0 Å². The van der Waals surface area contributed by atoms with E-state index >= 15 is 0 Å². The predicted molar refractivity (Wildman–Crippen MR) is 81.2 cm³/mol. The highest BCUT2D eigenvalue weighted by molar-refractivity contribution is 7.89. The van der Waals surface area contributed by atoms with E-state index in [0.29, 0.717) is 6.54 Å². The van der Waals surface area contributed by atoms with E-state index in [1.165, 1.54) is 6.07 Å². The lowest BCUT2D eigenvalue weighted by molar-refractivity contribution is 0.191. The van der Waals surface area contributed by atoms with Crippen molar-refractivity contribution >= 4 is 21.6 Å². The van der Waals surface area contributed by atoms with E-state index in [0.717, 1.165) is 25.7 Å². The molecule has 112 valence electrons. The van der Waals surface area contributed by atoms with Gasteiger partial charge in [-0.25, -0.2) is 13.1 Å². The Hall–Kier alpha value is -0.620. The van der Waals surface area contributed by atoms with Gasteiger partial charge in [0.15, 0.2) is 0 Å². The van der Waals surface area contributed by atoms with Crippen LogP contribution < -0.4 is 10.5 Å². The zero-order chi connectivity index (χ0) is 14.8.